The average molecular weight is 208 g/mol. The summed E-state index contributed by atoms with van der Waals surface area (Å²) in [5, 5.41) is 1.09. The largest absolute Gasteiger partial charge is 0.477 e. The molecule has 0 saturated heterocycles. The summed E-state index contributed by atoms with van der Waals surface area (Å²) >= 11 is 1.47. The number of rotatable bonds is 4. The van der Waals surface area contributed by atoms with Crippen molar-refractivity contribution in [2.45, 2.75) is 6.42 Å². The maximum atomic E-state index is 5.52. The van der Waals surface area contributed by atoms with Gasteiger partial charge in [-0.1, -0.05) is 12.1 Å². The van der Waals surface area contributed by atoms with E-state index in [0.29, 0.717) is 13.2 Å². The van der Waals surface area contributed by atoms with Crippen molar-refractivity contribution in [3.05, 3.63) is 24.3 Å². The molecule has 2 rings (SSSR count). The molecule has 0 aliphatic carbocycles. The van der Waals surface area contributed by atoms with E-state index in [-0.39, 0.29) is 0 Å². The number of hydrogen-bond acceptors (Lipinski definition) is 4. The molecular formula is C10H12N2OS. The molecule has 0 radical (unpaired) electrons. The third-order valence-electron chi connectivity index (χ3n) is 1.93. The Morgan fingerprint density at radius 3 is 3.07 bits per heavy atom. The summed E-state index contributed by atoms with van der Waals surface area (Å²) in [6.07, 6.45) is 0.867. The maximum absolute atomic E-state index is 5.52. The molecule has 0 unspecified atom stereocenters. The topological polar surface area (TPSA) is 48.1 Å². The molecule has 0 fully saturated rings. The number of benzene rings is 1. The Hall–Kier alpha value is -1.13. The standard InChI is InChI=1S/C10H12N2OS/c11-6-3-7-13-10-8-4-1-2-5-9(8)14-12-10/h1-2,4-5H,3,6-7,11H2. The highest BCUT2D eigenvalue weighted by Crippen LogP contribution is 2.27. The van der Waals surface area contributed by atoms with Crippen LogP contribution in [0.15, 0.2) is 24.3 Å². The zero-order chi connectivity index (χ0) is 9.80. The first-order chi connectivity index (χ1) is 6.92. The molecule has 0 aliphatic heterocycles. The molecule has 0 spiro atoms. The van der Waals surface area contributed by atoms with E-state index in [4.69, 9.17) is 10.5 Å². The number of fused-ring (bicyclic) bond motifs is 1. The van der Waals surface area contributed by atoms with Gasteiger partial charge in [0.05, 0.1) is 16.7 Å². The molecule has 0 aliphatic rings. The number of aromatic nitrogens is 1. The van der Waals surface area contributed by atoms with Gasteiger partial charge in [0.1, 0.15) is 0 Å². The summed E-state index contributed by atoms with van der Waals surface area (Å²) in [5.74, 6) is 0.735. The van der Waals surface area contributed by atoms with Gasteiger partial charge in [-0.15, -0.1) is 0 Å². The van der Waals surface area contributed by atoms with Crippen LogP contribution in [-0.2, 0) is 0 Å². The van der Waals surface area contributed by atoms with Gasteiger partial charge in [-0.2, -0.15) is 4.37 Å². The molecule has 3 nitrogen and oxygen atoms in total. The van der Waals surface area contributed by atoms with Gasteiger partial charge in [0.25, 0.3) is 0 Å². The van der Waals surface area contributed by atoms with Gasteiger partial charge in [0.15, 0.2) is 0 Å². The Balaban J connectivity index is 2.17. The Morgan fingerprint density at radius 2 is 2.21 bits per heavy atom. The van der Waals surface area contributed by atoms with E-state index in [1.807, 2.05) is 24.3 Å². The van der Waals surface area contributed by atoms with Crippen molar-refractivity contribution in [1.82, 2.24) is 4.37 Å². The van der Waals surface area contributed by atoms with E-state index in [1.165, 1.54) is 11.5 Å². The molecule has 1 aromatic heterocycles. The second-order valence-electron chi connectivity index (χ2n) is 2.97. The summed E-state index contributed by atoms with van der Waals surface area (Å²) in [6, 6.07) is 8.07. The van der Waals surface area contributed by atoms with Crippen LogP contribution in [-0.4, -0.2) is 17.5 Å². The van der Waals surface area contributed by atoms with Crippen LogP contribution in [0.1, 0.15) is 6.42 Å². The lowest BCUT2D eigenvalue weighted by molar-refractivity contribution is 0.308. The molecule has 1 aromatic carbocycles. The van der Waals surface area contributed by atoms with Gasteiger partial charge in [-0.25, -0.2) is 0 Å². The predicted molar refractivity (Wildman–Crippen MR) is 58.8 cm³/mol. The number of nitrogens with zero attached hydrogens (tertiary/aromatic N) is 1. The van der Waals surface area contributed by atoms with Crippen molar-refractivity contribution in [3.63, 3.8) is 0 Å². The van der Waals surface area contributed by atoms with Gasteiger partial charge in [0.2, 0.25) is 5.88 Å². The van der Waals surface area contributed by atoms with Gasteiger partial charge in [0, 0.05) is 0 Å². The highest BCUT2D eigenvalue weighted by molar-refractivity contribution is 7.13. The van der Waals surface area contributed by atoms with Crippen LogP contribution in [0.25, 0.3) is 10.1 Å². The monoisotopic (exact) mass is 208 g/mol. The molecule has 0 bridgehead atoms. The van der Waals surface area contributed by atoms with E-state index >= 15 is 0 Å². The van der Waals surface area contributed by atoms with Crippen molar-refractivity contribution in [2.75, 3.05) is 13.2 Å². The van der Waals surface area contributed by atoms with Crippen LogP contribution in [0.5, 0.6) is 5.88 Å². The van der Waals surface area contributed by atoms with Crippen LogP contribution >= 0.6 is 11.5 Å². The number of ether oxygens (including phenoxy) is 1. The van der Waals surface area contributed by atoms with Crippen LogP contribution < -0.4 is 10.5 Å². The minimum Gasteiger partial charge on any atom is -0.477 e. The average Bonchev–Trinajstić information content (AvgIpc) is 2.63. The van der Waals surface area contributed by atoms with Crippen LogP contribution in [0.4, 0.5) is 0 Å². The Bertz CT molecular complexity index is 413. The quantitative estimate of drug-likeness (QED) is 0.782. The van der Waals surface area contributed by atoms with Crippen LogP contribution in [0.2, 0.25) is 0 Å². The summed E-state index contributed by atoms with van der Waals surface area (Å²) in [6.45, 7) is 1.30. The Kier molecular flexibility index (Phi) is 2.96. The fourth-order valence-electron chi connectivity index (χ4n) is 1.22. The molecule has 1 heterocycles. The van der Waals surface area contributed by atoms with Crippen molar-refractivity contribution >= 4 is 21.6 Å². The predicted octanol–water partition coefficient (Wildman–Crippen LogP) is 2.02. The zero-order valence-corrected chi connectivity index (χ0v) is 8.59. The first-order valence-electron chi connectivity index (χ1n) is 4.59. The lowest BCUT2D eigenvalue weighted by atomic mass is 10.3. The lowest BCUT2D eigenvalue weighted by Gasteiger charge is -2.00. The summed E-state index contributed by atoms with van der Waals surface area (Å²) < 4.78 is 10.9. The second-order valence-corrected chi connectivity index (χ2v) is 3.78. The molecule has 74 valence electrons. The van der Waals surface area contributed by atoms with Crippen molar-refractivity contribution in [3.8, 4) is 5.88 Å². The minimum absolute atomic E-state index is 0.643. The molecule has 0 atom stereocenters. The Morgan fingerprint density at radius 1 is 1.36 bits per heavy atom. The molecule has 14 heavy (non-hydrogen) atoms. The van der Waals surface area contributed by atoms with E-state index in [1.54, 1.807) is 0 Å². The summed E-state index contributed by atoms with van der Waals surface area (Å²) in [7, 11) is 0. The lowest BCUT2D eigenvalue weighted by Crippen LogP contribution is -2.06. The third kappa shape index (κ3) is 1.86. The van der Waals surface area contributed by atoms with Gasteiger partial charge in [-0.3, -0.25) is 0 Å². The van der Waals surface area contributed by atoms with E-state index in [9.17, 15) is 0 Å². The second kappa shape index (κ2) is 4.39. The van der Waals surface area contributed by atoms with Gasteiger partial charge < -0.3 is 10.5 Å². The normalized spacial score (nSPS) is 10.6. The van der Waals surface area contributed by atoms with Crippen LogP contribution in [0.3, 0.4) is 0 Å². The van der Waals surface area contributed by atoms with E-state index in [0.717, 1.165) is 22.4 Å². The zero-order valence-electron chi connectivity index (χ0n) is 7.77. The molecule has 0 saturated carbocycles. The SMILES string of the molecule is NCCCOc1nsc2ccccc12. The number of nitrogens with two attached hydrogens (primary N) is 1. The van der Waals surface area contributed by atoms with E-state index in [2.05, 4.69) is 4.37 Å². The first-order valence-corrected chi connectivity index (χ1v) is 5.36. The maximum Gasteiger partial charge on any atom is 0.233 e. The first kappa shape index (κ1) is 9.43. The highest BCUT2D eigenvalue weighted by atomic mass is 32.1. The third-order valence-corrected chi connectivity index (χ3v) is 2.74. The Labute approximate surface area is 86.7 Å². The number of hydrogen-bond donors (Lipinski definition) is 1. The fourth-order valence-corrected chi connectivity index (χ4v) is 1.94. The summed E-state index contributed by atoms with van der Waals surface area (Å²) in [4.78, 5) is 0. The molecule has 2 aromatic rings. The van der Waals surface area contributed by atoms with Crippen LogP contribution in [0, 0.1) is 0 Å². The molecule has 4 heteroatoms. The van der Waals surface area contributed by atoms with Crippen molar-refractivity contribution in [2.24, 2.45) is 5.73 Å². The smallest absolute Gasteiger partial charge is 0.233 e. The minimum atomic E-state index is 0.643. The molecule has 0 amide bonds. The van der Waals surface area contributed by atoms with Gasteiger partial charge >= 0.3 is 0 Å². The van der Waals surface area contributed by atoms with E-state index < -0.39 is 0 Å². The molecular weight excluding hydrogens is 196 g/mol. The highest BCUT2D eigenvalue weighted by Gasteiger charge is 2.05. The van der Waals surface area contributed by atoms with Crippen molar-refractivity contribution in [1.29, 1.82) is 0 Å². The fraction of sp³-hybridized carbons (Fsp3) is 0.300. The summed E-state index contributed by atoms with van der Waals surface area (Å²) in [5.41, 5.74) is 5.38. The van der Waals surface area contributed by atoms with Crippen molar-refractivity contribution < 1.29 is 4.74 Å². The molecule has 2 N–H and O–H groups in total. The van der Waals surface area contributed by atoms with Gasteiger partial charge in [-0.05, 0) is 36.6 Å².